The van der Waals surface area contributed by atoms with E-state index < -0.39 is 0 Å². The smallest absolute Gasteiger partial charge is 0.223 e. The summed E-state index contributed by atoms with van der Waals surface area (Å²) in [6.45, 7) is 7.05. The highest BCUT2D eigenvalue weighted by molar-refractivity contribution is 5.77. The van der Waals surface area contributed by atoms with Crippen molar-refractivity contribution < 1.29 is 9.32 Å². The molecule has 1 fully saturated rings. The van der Waals surface area contributed by atoms with Crippen molar-refractivity contribution in [2.24, 2.45) is 5.92 Å². The van der Waals surface area contributed by atoms with Gasteiger partial charge in [0.25, 0.3) is 0 Å². The van der Waals surface area contributed by atoms with Gasteiger partial charge in [-0.05, 0) is 25.2 Å². The molecule has 1 aromatic rings. The van der Waals surface area contributed by atoms with E-state index in [0.29, 0.717) is 12.3 Å². The maximum absolute atomic E-state index is 12.2. The molecule has 0 aromatic carbocycles. The molecule has 1 aromatic heterocycles. The van der Waals surface area contributed by atoms with Gasteiger partial charge in [0.05, 0.1) is 11.7 Å². The van der Waals surface area contributed by atoms with E-state index in [1.807, 2.05) is 11.0 Å². The van der Waals surface area contributed by atoms with E-state index in [9.17, 15) is 4.79 Å². The van der Waals surface area contributed by atoms with Crippen molar-refractivity contribution in [2.75, 3.05) is 6.54 Å². The fourth-order valence-corrected chi connectivity index (χ4v) is 2.48. The third-order valence-corrected chi connectivity index (χ3v) is 3.42. The Bertz CT molecular complexity index is 412. The third-order valence-electron chi connectivity index (χ3n) is 3.42. The van der Waals surface area contributed by atoms with Crippen LogP contribution in [0.1, 0.15) is 57.5 Å². The first kappa shape index (κ1) is 13.1. The van der Waals surface area contributed by atoms with Gasteiger partial charge in [-0.3, -0.25) is 4.79 Å². The maximum Gasteiger partial charge on any atom is 0.223 e. The summed E-state index contributed by atoms with van der Waals surface area (Å²) in [5.41, 5.74) is 0.966. The summed E-state index contributed by atoms with van der Waals surface area (Å²) in [5.74, 6) is 1.49. The zero-order chi connectivity index (χ0) is 13.1. The van der Waals surface area contributed by atoms with Gasteiger partial charge in [0.2, 0.25) is 5.91 Å². The zero-order valence-electron chi connectivity index (χ0n) is 11.5. The molecule has 0 unspecified atom stereocenters. The number of rotatable bonds is 4. The number of hydrogen-bond acceptors (Lipinski definition) is 3. The van der Waals surface area contributed by atoms with Gasteiger partial charge >= 0.3 is 0 Å². The summed E-state index contributed by atoms with van der Waals surface area (Å²) >= 11 is 0. The number of nitrogens with zero attached hydrogens (tertiary/aromatic N) is 2. The second kappa shape index (κ2) is 5.55. The van der Waals surface area contributed by atoms with Crippen molar-refractivity contribution in [1.82, 2.24) is 10.1 Å². The maximum atomic E-state index is 12.2. The van der Waals surface area contributed by atoms with E-state index in [-0.39, 0.29) is 11.9 Å². The molecule has 1 aliphatic rings. The van der Waals surface area contributed by atoms with Crippen LogP contribution < -0.4 is 0 Å². The van der Waals surface area contributed by atoms with Crippen molar-refractivity contribution in [2.45, 2.75) is 52.5 Å². The number of likely N-dealkylation sites (tertiary alicyclic amines) is 1. The van der Waals surface area contributed by atoms with Gasteiger partial charge < -0.3 is 9.42 Å². The molecule has 1 atom stereocenters. The Morgan fingerprint density at radius 2 is 2.39 bits per heavy atom. The molecule has 4 nitrogen and oxygen atoms in total. The summed E-state index contributed by atoms with van der Waals surface area (Å²) < 4.78 is 5.38. The largest absolute Gasteiger partial charge is 0.359 e. The molecule has 1 saturated heterocycles. The zero-order valence-corrected chi connectivity index (χ0v) is 11.5. The van der Waals surface area contributed by atoms with Gasteiger partial charge in [-0.1, -0.05) is 25.9 Å². The number of hydrogen-bond donors (Lipinski definition) is 0. The summed E-state index contributed by atoms with van der Waals surface area (Å²) in [4.78, 5) is 14.1. The molecule has 2 heterocycles. The molecular weight excluding hydrogens is 228 g/mol. The Hall–Kier alpha value is -1.32. The van der Waals surface area contributed by atoms with E-state index in [1.54, 1.807) is 0 Å². The summed E-state index contributed by atoms with van der Waals surface area (Å²) in [7, 11) is 0. The van der Waals surface area contributed by atoms with Crippen LogP contribution in [0.15, 0.2) is 10.6 Å². The topological polar surface area (TPSA) is 46.3 Å². The lowest BCUT2D eigenvalue weighted by atomic mass is 10.1. The van der Waals surface area contributed by atoms with Gasteiger partial charge in [0.15, 0.2) is 5.76 Å². The summed E-state index contributed by atoms with van der Waals surface area (Å²) in [6.07, 6.45) is 3.53. The van der Waals surface area contributed by atoms with Gasteiger partial charge in [0, 0.05) is 19.0 Å². The molecule has 100 valence electrons. The van der Waals surface area contributed by atoms with Crippen molar-refractivity contribution in [1.29, 1.82) is 0 Å². The predicted molar refractivity (Wildman–Crippen MR) is 69.0 cm³/mol. The Labute approximate surface area is 108 Å². The van der Waals surface area contributed by atoms with Crippen molar-refractivity contribution in [3.05, 3.63) is 17.5 Å². The highest BCUT2D eigenvalue weighted by atomic mass is 16.5. The van der Waals surface area contributed by atoms with Crippen LogP contribution in [0.2, 0.25) is 0 Å². The van der Waals surface area contributed by atoms with Crippen LogP contribution in [0.5, 0.6) is 0 Å². The fraction of sp³-hybridized carbons (Fsp3) is 0.714. The summed E-state index contributed by atoms with van der Waals surface area (Å²) in [6, 6.07) is 2.09. The second-order valence-corrected chi connectivity index (χ2v) is 5.42. The molecule has 18 heavy (non-hydrogen) atoms. The lowest BCUT2D eigenvalue weighted by Crippen LogP contribution is -2.31. The molecule has 0 bridgehead atoms. The van der Waals surface area contributed by atoms with E-state index in [1.165, 1.54) is 0 Å². The third kappa shape index (κ3) is 2.74. The van der Waals surface area contributed by atoms with Crippen LogP contribution in [-0.2, 0) is 11.2 Å². The molecule has 0 N–H and O–H groups in total. The Morgan fingerprint density at radius 1 is 1.61 bits per heavy atom. The van der Waals surface area contributed by atoms with Crippen LogP contribution in [0.25, 0.3) is 0 Å². The quantitative estimate of drug-likeness (QED) is 0.825. The summed E-state index contributed by atoms with van der Waals surface area (Å²) in [5, 5.41) is 4.02. The number of carbonyl (C=O) groups excluding carboxylic acids is 1. The minimum Gasteiger partial charge on any atom is -0.359 e. The van der Waals surface area contributed by atoms with Crippen LogP contribution in [0.3, 0.4) is 0 Å². The Morgan fingerprint density at radius 3 is 3.00 bits per heavy atom. The lowest BCUT2D eigenvalue weighted by molar-refractivity contribution is -0.133. The Balaban J connectivity index is 2.09. The molecule has 0 saturated carbocycles. The van der Waals surface area contributed by atoms with E-state index in [2.05, 4.69) is 25.9 Å². The molecular formula is C14H22N2O2. The van der Waals surface area contributed by atoms with E-state index in [0.717, 1.165) is 37.3 Å². The molecule has 2 rings (SSSR count). The standard InChI is InChI=1S/C14H22N2O2/c1-4-11-9-13(18-15-11)12-6-5-7-16(12)14(17)8-10(2)3/h9-10,12H,4-8H2,1-3H3/t12-/m1/s1. The monoisotopic (exact) mass is 250 g/mol. The number of carbonyl (C=O) groups is 1. The van der Waals surface area contributed by atoms with E-state index in [4.69, 9.17) is 4.52 Å². The first-order valence-corrected chi connectivity index (χ1v) is 6.86. The number of aromatic nitrogens is 1. The minimum absolute atomic E-state index is 0.101. The van der Waals surface area contributed by atoms with Crippen molar-refractivity contribution in [3.63, 3.8) is 0 Å². The Kier molecular flexibility index (Phi) is 4.04. The minimum atomic E-state index is 0.101. The highest BCUT2D eigenvalue weighted by Crippen LogP contribution is 2.33. The van der Waals surface area contributed by atoms with Gasteiger partial charge in [-0.25, -0.2) is 0 Å². The van der Waals surface area contributed by atoms with E-state index >= 15 is 0 Å². The molecule has 0 radical (unpaired) electrons. The first-order chi connectivity index (χ1) is 8.61. The van der Waals surface area contributed by atoms with Crippen molar-refractivity contribution in [3.8, 4) is 0 Å². The molecule has 0 spiro atoms. The van der Waals surface area contributed by atoms with Gasteiger partial charge in [-0.15, -0.1) is 0 Å². The van der Waals surface area contributed by atoms with Crippen LogP contribution in [-0.4, -0.2) is 22.5 Å². The van der Waals surface area contributed by atoms with Crippen LogP contribution in [0, 0.1) is 5.92 Å². The molecule has 4 heteroatoms. The lowest BCUT2D eigenvalue weighted by Gasteiger charge is -2.23. The normalized spacial score (nSPS) is 19.8. The second-order valence-electron chi connectivity index (χ2n) is 5.42. The average molecular weight is 250 g/mol. The number of amides is 1. The van der Waals surface area contributed by atoms with Crippen LogP contribution in [0.4, 0.5) is 0 Å². The van der Waals surface area contributed by atoms with Crippen molar-refractivity contribution >= 4 is 5.91 Å². The first-order valence-electron chi connectivity index (χ1n) is 6.86. The van der Waals surface area contributed by atoms with Crippen LogP contribution >= 0.6 is 0 Å². The van der Waals surface area contributed by atoms with Gasteiger partial charge in [0.1, 0.15) is 0 Å². The number of aryl methyl sites for hydroxylation is 1. The predicted octanol–water partition coefficient (Wildman–Crippen LogP) is 2.95. The fourth-order valence-electron chi connectivity index (χ4n) is 2.48. The average Bonchev–Trinajstić information content (AvgIpc) is 2.96. The SMILES string of the molecule is CCc1cc([C@H]2CCCN2C(=O)CC(C)C)on1. The molecule has 0 aliphatic carbocycles. The molecule has 1 amide bonds. The molecule has 1 aliphatic heterocycles. The highest BCUT2D eigenvalue weighted by Gasteiger charge is 2.32. The van der Waals surface area contributed by atoms with Gasteiger partial charge in [-0.2, -0.15) is 0 Å².